The minimum absolute atomic E-state index is 0.0320. The van der Waals surface area contributed by atoms with E-state index in [1.54, 1.807) is 0 Å². The van der Waals surface area contributed by atoms with Gasteiger partial charge in [-0.15, -0.1) is 0 Å². The van der Waals surface area contributed by atoms with Crippen molar-refractivity contribution < 1.29 is 4.42 Å². The number of furan rings is 1. The number of benzene rings is 3. The van der Waals surface area contributed by atoms with Gasteiger partial charge >= 0.3 is 0 Å². The first-order chi connectivity index (χ1) is 13.3. The molecule has 0 spiro atoms. The summed E-state index contributed by atoms with van der Waals surface area (Å²) in [5.74, 6) is 0.534. The van der Waals surface area contributed by atoms with Crippen molar-refractivity contribution in [2.45, 2.75) is 46.0 Å². The van der Waals surface area contributed by atoms with Crippen LogP contribution in [0.25, 0.3) is 21.9 Å². The number of para-hydroxylation sites is 2. The molecule has 0 radical (unpaired) electrons. The molecule has 0 aliphatic heterocycles. The Morgan fingerprint density at radius 2 is 1.43 bits per heavy atom. The maximum Gasteiger partial charge on any atom is 0.159 e. The van der Waals surface area contributed by atoms with Crippen molar-refractivity contribution >= 4 is 56.2 Å². The SMILES string of the molecule is CC(C)c1ccc(N(I)c2cccc3c2oc2c(C(C)(C)C)cccc23)cc1. The summed E-state index contributed by atoms with van der Waals surface area (Å²) in [5.41, 5.74) is 6.79. The molecule has 2 nitrogen and oxygen atoms in total. The fraction of sp³-hybridized carbons (Fsp3) is 0.280. The zero-order valence-electron chi connectivity index (χ0n) is 17.1. The highest BCUT2D eigenvalue weighted by molar-refractivity contribution is 14.1. The summed E-state index contributed by atoms with van der Waals surface area (Å²) < 4.78 is 8.68. The number of fused-ring (bicyclic) bond motifs is 3. The highest BCUT2D eigenvalue weighted by atomic mass is 127. The molecular weight excluding hydrogens is 457 g/mol. The maximum atomic E-state index is 6.50. The van der Waals surface area contributed by atoms with Crippen molar-refractivity contribution in [3.63, 3.8) is 0 Å². The van der Waals surface area contributed by atoms with Crippen LogP contribution in [0.2, 0.25) is 0 Å². The number of nitrogens with zero attached hydrogens (tertiary/aromatic N) is 1. The van der Waals surface area contributed by atoms with Crippen molar-refractivity contribution in [1.29, 1.82) is 0 Å². The van der Waals surface area contributed by atoms with Gasteiger partial charge in [-0.1, -0.05) is 77.1 Å². The van der Waals surface area contributed by atoms with Crippen LogP contribution >= 0.6 is 22.9 Å². The fourth-order valence-corrected chi connectivity index (χ4v) is 4.38. The Balaban J connectivity index is 1.88. The van der Waals surface area contributed by atoms with Crippen LogP contribution in [-0.2, 0) is 5.41 Å². The van der Waals surface area contributed by atoms with Gasteiger partial charge in [0, 0.05) is 16.3 Å². The van der Waals surface area contributed by atoms with Gasteiger partial charge in [0.05, 0.1) is 34.2 Å². The average Bonchev–Trinajstić information content (AvgIpc) is 3.05. The molecule has 3 heteroatoms. The van der Waals surface area contributed by atoms with E-state index in [0.717, 1.165) is 22.5 Å². The van der Waals surface area contributed by atoms with E-state index >= 15 is 0 Å². The Morgan fingerprint density at radius 3 is 2.04 bits per heavy atom. The molecule has 1 heterocycles. The van der Waals surface area contributed by atoms with Crippen LogP contribution in [0.15, 0.2) is 65.1 Å². The third kappa shape index (κ3) is 3.30. The zero-order valence-corrected chi connectivity index (χ0v) is 19.2. The summed E-state index contributed by atoms with van der Waals surface area (Å²) in [4.78, 5) is 0. The Hall–Kier alpha value is -2.01. The van der Waals surface area contributed by atoms with Gasteiger partial charge in [-0.05, 0) is 35.1 Å². The molecule has 0 amide bonds. The van der Waals surface area contributed by atoms with Gasteiger partial charge in [-0.25, -0.2) is 0 Å². The number of anilines is 2. The molecule has 144 valence electrons. The monoisotopic (exact) mass is 483 g/mol. The molecule has 4 rings (SSSR count). The summed E-state index contributed by atoms with van der Waals surface area (Å²) in [5, 5.41) is 2.35. The van der Waals surface area contributed by atoms with E-state index in [4.69, 9.17) is 4.42 Å². The van der Waals surface area contributed by atoms with Crippen LogP contribution in [-0.4, -0.2) is 0 Å². The van der Waals surface area contributed by atoms with Crippen molar-refractivity contribution in [3.05, 3.63) is 71.8 Å². The lowest BCUT2D eigenvalue weighted by Gasteiger charge is -2.19. The lowest BCUT2D eigenvalue weighted by molar-refractivity contribution is 0.573. The van der Waals surface area contributed by atoms with Crippen LogP contribution in [0.4, 0.5) is 11.4 Å². The van der Waals surface area contributed by atoms with E-state index in [0.29, 0.717) is 5.92 Å². The van der Waals surface area contributed by atoms with Crippen LogP contribution < -0.4 is 3.11 Å². The van der Waals surface area contributed by atoms with Crippen LogP contribution in [0, 0.1) is 0 Å². The van der Waals surface area contributed by atoms with Gasteiger partial charge in [0.25, 0.3) is 0 Å². The summed E-state index contributed by atoms with van der Waals surface area (Å²) in [7, 11) is 0. The molecule has 3 aromatic carbocycles. The van der Waals surface area contributed by atoms with E-state index in [1.807, 2.05) is 0 Å². The molecule has 0 saturated heterocycles. The summed E-state index contributed by atoms with van der Waals surface area (Å²) >= 11 is 2.37. The van der Waals surface area contributed by atoms with Gasteiger partial charge in [-0.3, -0.25) is 3.11 Å². The highest BCUT2D eigenvalue weighted by Gasteiger charge is 2.22. The van der Waals surface area contributed by atoms with Crippen molar-refractivity contribution in [3.8, 4) is 0 Å². The van der Waals surface area contributed by atoms with Crippen molar-refractivity contribution in [2.24, 2.45) is 0 Å². The van der Waals surface area contributed by atoms with Gasteiger partial charge in [-0.2, -0.15) is 0 Å². The van der Waals surface area contributed by atoms with Gasteiger partial charge < -0.3 is 4.42 Å². The Bertz CT molecular complexity index is 1130. The quantitative estimate of drug-likeness (QED) is 0.215. The van der Waals surface area contributed by atoms with Gasteiger partial charge in [0.15, 0.2) is 5.58 Å². The predicted octanol–water partition coefficient (Wildman–Crippen LogP) is 8.50. The first-order valence-electron chi connectivity index (χ1n) is 9.78. The molecule has 0 atom stereocenters. The van der Waals surface area contributed by atoms with E-state index < -0.39 is 0 Å². The van der Waals surface area contributed by atoms with Crippen LogP contribution in [0.1, 0.15) is 51.7 Å². The van der Waals surface area contributed by atoms with Crippen molar-refractivity contribution in [2.75, 3.05) is 3.11 Å². The minimum Gasteiger partial charge on any atom is -0.454 e. The molecule has 0 N–H and O–H groups in total. The second kappa shape index (κ2) is 7.11. The molecular formula is C25H26INO. The first-order valence-corrected chi connectivity index (χ1v) is 10.7. The first kappa shape index (κ1) is 19.3. The second-order valence-electron chi connectivity index (χ2n) is 8.72. The molecule has 0 aliphatic rings. The minimum atomic E-state index is 0.0320. The van der Waals surface area contributed by atoms with E-state index in [-0.39, 0.29) is 5.41 Å². The topological polar surface area (TPSA) is 16.4 Å². The van der Waals surface area contributed by atoms with Gasteiger partial charge in [0.1, 0.15) is 5.58 Å². The standard InChI is InChI=1S/C25H26INO/c1-16(2)17-12-14-18(15-13-17)27(26)22-11-7-9-20-19-8-6-10-21(25(3,4)5)23(19)28-24(20)22/h6-16H,1-5H3. The molecule has 4 aromatic rings. The van der Waals surface area contributed by atoms with Crippen LogP contribution in [0.5, 0.6) is 0 Å². The molecule has 28 heavy (non-hydrogen) atoms. The fourth-order valence-electron chi connectivity index (χ4n) is 3.68. The molecule has 0 bridgehead atoms. The molecule has 0 unspecified atom stereocenters. The molecule has 0 aliphatic carbocycles. The summed E-state index contributed by atoms with van der Waals surface area (Å²) in [6.07, 6.45) is 0. The van der Waals surface area contributed by atoms with E-state index in [2.05, 4.69) is 121 Å². The lowest BCUT2D eigenvalue weighted by Crippen LogP contribution is -2.10. The van der Waals surface area contributed by atoms with Crippen LogP contribution in [0.3, 0.4) is 0 Å². The van der Waals surface area contributed by atoms with Crippen molar-refractivity contribution in [1.82, 2.24) is 0 Å². The Morgan fingerprint density at radius 1 is 0.821 bits per heavy atom. The highest BCUT2D eigenvalue weighted by Crippen LogP contribution is 2.42. The Kier molecular flexibility index (Phi) is 4.90. The maximum absolute atomic E-state index is 6.50. The summed E-state index contributed by atoms with van der Waals surface area (Å²) in [6, 6.07) is 21.7. The Labute approximate surface area is 181 Å². The third-order valence-corrected chi connectivity index (χ3v) is 6.39. The largest absolute Gasteiger partial charge is 0.454 e. The third-order valence-electron chi connectivity index (χ3n) is 5.31. The summed E-state index contributed by atoms with van der Waals surface area (Å²) in [6.45, 7) is 11.1. The normalized spacial score (nSPS) is 12.2. The average molecular weight is 483 g/mol. The molecule has 0 saturated carbocycles. The second-order valence-corrected chi connectivity index (χ2v) is 9.68. The van der Waals surface area contributed by atoms with E-state index in [1.165, 1.54) is 21.9 Å². The smallest absolute Gasteiger partial charge is 0.159 e. The number of rotatable bonds is 3. The number of halogens is 1. The predicted molar refractivity (Wildman–Crippen MR) is 129 cm³/mol. The van der Waals surface area contributed by atoms with E-state index in [9.17, 15) is 0 Å². The molecule has 1 aromatic heterocycles. The van der Waals surface area contributed by atoms with Gasteiger partial charge in [0.2, 0.25) is 0 Å². The number of hydrogen-bond acceptors (Lipinski definition) is 2. The molecule has 0 fully saturated rings. The number of hydrogen-bond donors (Lipinski definition) is 0. The lowest BCUT2D eigenvalue weighted by atomic mass is 9.86. The zero-order chi connectivity index (χ0) is 20.1.